The van der Waals surface area contributed by atoms with Crippen LogP contribution in [-0.2, 0) is 36.4 Å². The first-order valence-electron chi connectivity index (χ1n) is 8.16. The average Bonchev–Trinajstić information content (AvgIpc) is 2.85. The van der Waals surface area contributed by atoms with E-state index in [9.17, 15) is 38.4 Å². The molecule has 0 saturated carbocycles. The Hall–Kier alpha value is -1.36. The Kier molecular flexibility index (Phi) is 8.29. The minimum absolute atomic E-state index is 0.101. The topological polar surface area (TPSA) is 273 Å². The number of ether oxygens (including phenoxy) is 1. The fourth-order valence-corrected chi connectivity index (χ4v) is 5.45. The van der Waals surface area contributed by atoms with Crippen LogP contribution in [0.25, 0.3) is 0 Å². The van der Waals surface area contributed by atoms with Gasteiger partial charge in [0.2, 0.25) is 5.91 Å². The number of carbonyl (C=O) groups excluding carboxylic acids is 1. The van der Waals surface area contributed by atoms with Crippen LogP contribution in [0.3, 0.4) is 0 Å². The van der Waals surface area contributed by atoms with Crippen molar-refractivity contribution in [1.82, 2.24) is 9.55 Å². The number of aliphatic hydroxyl groups excluding tert-OH is 2. The highest BCUT2D eigenvalue weighted by molar-refractivity contribution is 7.66. The molecule has 32 heavy (non-hydrogen) atoms. The Morgan fingerprint density at radius 2 is 1.78 bits per heavy atom. The van der Waals surface area contributed by atoms with Crippen LogP contribution in [0.15, 0.2) is 17.1 Å². The number of rotatable bonds is 9. The molecule has 1 aliphatic rings. The van der Waals surface area contributed by atoms with Gasteiger partial charge in [0.25, 0.3) is 0 Å². The molecular formula is C11H18N3O15P3. The number of amides is 1. The summed E-state index contributed by atoms with van der Waals surface area (Å²) in [5, 5.41) is 22.4. The van der Waals surface area contributed by atoms with E-state index in [0.717, 1.165) is 10.8 Å². The molecule has 0 aliphatic carbocycles. The summed E-state index contributed by atoms with van der Waals surface area (Å²) in [5.74, 6) is -0.607. The molecule has 1 aromatic heterocycles. The summed E-state index contributed by atoms with van der Waals surface area (Å²) in [6, 6.07) is 1.19. The lowest BCUT2D eigenvalue weighted by Crippen LogP contribution is -2.36. The van der Waals surface area contributed by atoms with Gasteiger partial charge in [-0.15, -0.1) is 0 Å². The van der Waals surface area contributed by atoms with E-state index in [1.54, 1.807) is 0 Å². The van der Waals surface area contributed by atoms with Crippen LogP contribution in [0, 0.1) is 0 Å². The zero-order valence-electron chi connectivity index (χ0n) is 15.8. The van der Waals surface area contributed by atoms with Crippen molar-refractivity contribution in [1.29, 1.82) is 0 Å². The molecule has 21 heteroatoms. The maximum atomic E-state index is 12.1. The number of hydrogen-bond donors (Lipinski definition) is 7. The molecule has 1 aliphatic heterocycles. The number of hydrogen-bond acceptors (Lipinski definition) is 12. The summed E-state index contributed by atoms with van der Waals surface area (Å²) < 4.78 is 51.0. The largest absolute Gasteiger partial charge is 0.490 e. The average molecular weight is 525 g/mol. The number of nitrogens with zero attached hydrogens (tertiary/aromatic N) is 2. The van der Waals surface area contributed by atoms with Gasteiger partial charge in [-0.3, -0.25) is 13.9 Å². The summed E-state index contributed by atoms with van der Waals surface area (Å²) in [6.07, 6.45) is -5.62. The zero-order valence-corrected chi connectivity index (χ0v) is 18.4. The highest BCUT2D eigenvalue weighted by Gasteiger charge is 2.46. The molecule has 2 unspecified atom stereocenters. The molecule has 1 amide bonds. The second-order valence-corrected chi connectivity index (χ2v) is 10.5. The number of anilines is 1. The lowest BCUT2D eigenvalue weighted by atomic mass is 10.1. The van der Waals surface area contributed by atoms with Crippen LogP contribution in [0.1, 0.15) is 13.2 Å². The molecule has 18 nitrogen and oxygen atoms in total. The van der Waals surface area contributed by atoms with E-state index >= 15 is 0 Å². The van der Waals surface area contributed by atoms with E-state index in [2.05, 4.69) is 23.4 Å². The zero-order chi connectivity index (χ0) is 24.5. The van der Waals surface area contributed by atoms with Crippen LogP contribution < -0.4 is 11.0 Å². The van der Waals surface area contributed by atoms with Crippen LogP contribution >= 0.6 is 23.5 Å². The van der Waals surface area contributed by atoms with Crippen molar-refractivity contribution in [2.75, 3.05) is 11.9 Å². The van der Waals surface area contributed by atoms with E-state index in [4.69, 9.17) is 19.4 Å². The van der Waals surface area contributed by atoms with Crippen LogP contribution in [-0.4, -0.2) is 70.2 Å². The van der Waals surface area contributed by atoms with Crippen molar-refractivity contribution in [3.05, 3.63) is 22.7 Å². The smallest absolute Gasteiger partial charge is 0.387 e. The predicted octanol–water partition coefficient (Wildman–Crippen LogP) is -1.84. The minimum atomic E-state index is -5.74. The van der Waals surface area contributed by atoms with Gasteiger partial charge in [-0.1, -0.05) is 0 Å². The maximum Gasteiger partial charge on any atom is 0.490 e. The van der Waals surface area contributed by atoms with Gasteiger partial charge in [-0.05, 0) is 6.07 Å². The van der Waals surface area contributed by atoms with Crippen molar-refractivity contribution in [3.63, 3.8) is 0 Å². The third-order valence-electron chi connectivity index (χ3n) is 3.56. The Bertz CT molecular complexity index is 1050. The minimum Gasteiger partial charge on any atom is -0.387 e. The summed E-state index contributed by atoms with van der Waals surface area (Å²) in [4.78, 5) is 62.1. The van der Waals surface area contributed by atoms with Crippen LogP contribution in [0.5, 0.6) is 0 Å². The normalized spacial score (nSPS) is 27.5. The summed E-state index contributed by atoms with van der Waals surface area (Å²) in [7, 11) is -16.8. The van der Waals surface area contributed by atoms with Gasteiger partial charge >= 0.3 is 29.2 Å². The maximum absolute atomic E-state index is 12.1. The van der Waals surface area contributed by atoms with Crippen molar-refractivity contribution in [3.8, 4) is 0 Å². The lowest BCUT2D eigenvalue weighted by molar-refractivity contribution is -0.114. The molecule has 0 spiro atoms. The molecule has 0 aromatic carbocycles. The highest BCUT2D eigenvalue weighted by Crippen LogP contribution is 2.66. The molecule has 2 rings (SSSR count). The molecule has 1 aromatic rings. The number of aliphatic hydroxyl groups is 2. The Morgan fingerprint density at radius 3 is 2.31 bits per heavy atom. The van der Waals surface area contributed by atoms with Crippen molar-refractivity contribution in [2.24, 2.45) is 0 Å². The van der Waals surface area contributed by atoms with Gasteiger partial charge in [-0.2, -0.15) is 13.6 Å². The van der Waals surface area contributed by atoms with Crippen molar-refractivity contribution < 1.29 is 66.2 Å². The third kappa shape index (κ3) is 7.60. The fourth-order valence-electron chi connectivity index (χ4n) is 2.42. The number of phosphoric acid groups is 3. The Labute approximate surface area is 177 Å². The first-order valence-corrected chi connectivity index (χ1v) is 12.7. The van der Waals surface area contributed by atoms with E-state index in [0.29, 0.717) is 0 Å². The summed E-state index contributed by atoms with van der Waals surface area (Å²) >= 11 is 0. The Morgan fingerprint density at radius 1 is 1.16 bits per heavy atom. The third-order valence-corrected chi connectivity index (χ3v) is 7.37. The fraction of sp³-hybridized carbons (Fsp3) is 0.545. The first kappa shape index (κ1) is 26.9. The van der Waals surface area contributed by atoms with E-state index in [-0.39, 0.29) is 5.82 Å². The second-order valence-electron chi connectivity index (χ2n) is 6.12. The van der Waals surface area contributed by atoms with Gasteiger partial charge in [0, 0.05) is 13.1 Å². The highest BCUT2D eigenvalue weighted by atomic mass is 31.3. The lowest BCUT2D eigenvalue weighted by Gasteiger charge is -2.19. The van der Waals surface area contributed by atoms with Crippen molar-refractivity contribution in [2.45, 2.75) is 31.5 Å². The summed E-state index contributed by atoms with van der Waals surface area (Å²) in [5.41, 5.74) is -0.999. The van der Waals surface area contributed by atoms with Gasteiger partial charge < -0.3 is 39.8 Å². The Balaban J connectivity index is 2.07. The second kappa shape index (κ2) is 9.87. The van der Waals surface area contributed by atoms with Crippen molar-refractivity contribution >= 4 is 35.2 Å². The molecule has 7 N–H and O–H groups in total. The van der Waals surface area contributed by atoms with Gasteiger partial charge in [0.1, 0.15) is 24.1 Å². The molecule has 2 heterocycles. The number of phosphoric ester groups is 1. The van der Waals surface area contributed by atoms with Gasteiger partial charge in [0.05, 0.1) is 6.61 Å². The quantitative estimate of drug-likeness (QED) is 0.175. The van der Waals surface area contributed by atoms with E-state index in [1.807, 2.05) is 0 Å². The standard InChI is InChI=1S/C11H18N3O15P3/c1-5(15)12-7-2-3-14(11(18)13-7)10-9(17)8(16)6(27-10)4-26-31(22,23)29-32(24,25)28-30(19,20)21/h2-3,6,8-10,16-17H,4H2,1H3,(H,22,23)(H,24,25)(H2,19,20,21)(H,12,13,15,18)/t6-,8-,9-,10-/m1/s1. The molecule has 0 radical (unpaired) electrons. The molecule has 6 atom stereocenters. The summed E-state index contributed by atoms with van der Waals surface area (Å²) in [6.45, 7) is 0.125. The van der Waals surface area contributed by atoms with Crippen LogP contribution in [0.4, 0.5) is 5.82 Å². The molecular weight excluding hydrogens is 507 g/mol. The molecule has 1 saturated heterocycles. The number of nitrogens with one attached hydrogen (secondary N) is 1. The predicted molar refractivity (Wildman–Crippen MR) is 98.5 cm³/mol. The van der Waals surface area contributed by atoms with E-state index < -0.39 is 66.2 Å². The number of carbonyl (C=O) groups is 1. The SMILES string of the molecule is CC(=O)Nc1ccn([C@@H]2O[C@H](COP(=O)(O)OP(=O)(O)OP(=O)(O)O)[C@@H](O)[C@H]2O)c(=O)n1. The monoisotopic (exact) mass is 525 g/mol. The first-order chi connectivity index (χ1) is 14.5. The van der Waals surface area contributed by atoms with E-state index in [1.165, 1.54) is 13.0 Å². The molecule has 0 bridgehead atoms. The van der Waals surface area contributed by atoms with Gasteiger partial charge in [0.15, 0.2) is 6.23 Å². The van der Waals surface area contributed by atoms with Gasteiger partial charge in [-0.25, -0.2) is 18.5 Å². The van der Waals surface area contributed by atoms with Crippen LogP contribution in [0.2, 0.25) is 0 Å². The number of aromatic nitrogens is 2. The molecule has 182 valence electrons. The molecule has 1 fully saturated rings.